The Hall–Kier alpha value is -2.44. The summed E-state index contributed by atoms with van der Waals surface area (Å²) in [7, 11) is 0. The van der Waals surface area contributed by atoms with Crippen LogP contribution in [0.5, 0.6) is 0 Å². The maximum absolute atomic E-state index is 13.6. The van der Waals surface area contributed by atoms with Gasteiger partial charge in [-0.15, -0.1) is 0 Å². The van der Waals surface area contributed by atoms with Crippen molar-refractivity contribution in [2.45, 2.75) is 25.4 Å². The van der Waals surface area contributed by atoms with E-state index in [1.807, 2.05) is 24.3 Å². The first-order valence-corrected chi connectivity index (χ1v) is 10.5. The summed E-state index contributed by atoms with van der Waals surface area (Å²) in [4.78, 5) is 14.4. The molecule has 3 aromatic rings. The summed E-state index contributed by atoms with van der Waals surface area (Å²) >= 11 is 6.24. The van der Waals surface area contributed by atoms with Gasteiger partial charge in [0, 0.05) is 43.8 Å². The lowest BCUT2D eigenvalue weighted by Crippen LogP contribution is -2.46. The molecule has 29 heavy (non-hydrogen) atoms. The summed E-state index contributed by atoms with van der Waals surface area (Å²) in [6.45, 7) is 4.08. The second kappa shape index (κ2) is 7.76. The van der Waals surface area contributed by atoms with E-state index < -0.39 is 0 Å². The number of benzene rings is 2. The summed E-state index contributed by atoms with van der Waals surface area (Å²) in [6.07, 6.45) is 2.38. The van der Waals surface area contributed by atoms with Crippen LogP contribution in [0.1, 0.15) is 18.4 Å². The van der Waals surface area contributed by atoms with Gasteiger partial charge in [0.2, 0.25) is 0 Å². The van der Waals surface area contributed by atoms with Gasteiger partial charge in [-0.2, -0.15) is 0 Å². The van der Waals surface area contributed by atoms with E-state index in [0.29, 0.717) is 17.6 Å². The molecule has 1 aromatic heterocycles. The molecular weight excluding hydrogens is 389 g/mol. The molecule has 2 fully saturated rings. The highest BCUT2D eigenvalue weighted by Crippen LogP contribution is 2.31. The molecule has 7 heteroatoms. The van der Waals surface area contributed by atoms with Gasteiger partial charge in [-0.05, 0) is 48.7 Å². The molecule has 1 saturated heterocycles. The summed E-state index contributed by atoms with van der Waals surface area (Å²) < 4.78 is 13.6. The number of piperazine rings is 1. The van der Waals surface area contributed by atoms with E-state index in [0.717, 1.165) is 54.4 Å². The van der Waals surface area contributed by atoms with Gasteiger partial charge in [-0.1, -0.05) is 23.7 Å². The Morgan fingerprint density at radius 3 is 2.45 bits per heavy atom. The van der Waals surface area contributed by atoms with E-state index in [9.17, 15) is 4.39 Å². The fourth-order valence-electron chi connectivity index (χ4n) is 3.75. The van der Waals surface area contributed by atoms with Crippen LogP contribution >= 0.6 is 11.6 Å². The number of aromatic nitrogens is 2. The van der Waals surface area contributed by atoms with Crippen molar-refractivity contribution in [3.63, 3.8) is 0 Å². The van der Waals surface area contributed by atoms with E-state index in [1.54, 1.807) is 6.07 Å². The number of anilines is 2. The van der Waals surface area contributed by atoms with Crippen LogP contribution in [-0.2, 0) is 6.54 Å². The van der Waals surface area contributed by atoms with E-state index in [2.05, 4.69) is 15.1 Å². The van der Waals surface area contributed by atoms with Gasteiger partial charge >= 0.3 is 0 Å². The molecule has 0 spiro atoms. The number of hydrogen-bond acceptors (Lipinski definition) is 5. The lowest BCUT2D eigenvalue weighted by Gasteiger charge is -2.36. The van der Waals surface area contributed by atoms with Gasteiger partial charge in [0.05, 0.1) is 11.0 Å². The van der Waals surface area contributed by atoms with Gasteiger partial charge in [-0.25, -0.2) is 14.4 Å². The van der Waals surface area contributed by atoms with Crippen LogP contribution in [-0.4, -0.2) is 47.1 Å². The van der Waals surface area contributed by atoms with E-state index in [1.165, 1.54) is 25.0 Å². The molecule has 0 unspecified atom stereocenters. The Bertz CT molecular complexity index is 1030. The van der Waals surface area contributed by atoms with Gasteiger partial charge in [0.1, 0.15) is 5.82 Å². The van der Waals surface area contributed by atoms with Crippen molar-refractivity contribution in [3.05, 3.63) is 58.9 Å². The minimum atomic E-state index is -0.245. The van der Waals surface area contributed by atoms with Gasteiger partial charge in [0.25, 0.3) is 0 Å². The van der Waals surface area contributed by atoms with E-state index >= 15 is 0 Å². The first kappa shape index (κ1) is 18.6. The molecule has 2 heterocycles. The molecular formula is C22H23ClFN5. The van der Waals surface area contributed by atoms with Gasteiger partial charge in [0.15, 0.2) is 11.6 Å². The molecule has 1 aliphatic heterocycles. The zero-order chi connectivity index (χ0) is 19.8. The van der Waals surface area contributed by atoms with Crippen molar-refractivity contribution in [2.75, 3.05) is 36.4 Å². The van der Waals surface area contributed by atoms with Gasteiger partial charge < -0.3 is 10.2 Å². The number of fused-ring (bicyclic) bond motifs is 1. The average Bonchev–Trinajstić information content (AvgIpc) is 3.55. The Morgan fingerprint density at radius 1 is 1.00 bits per heavy atom. The van der Waals surface area contributed by atoms with E-state index in [-0.39, 0.29) is 5.82 Å². The Kier molecular flexibility index (Phi) is 4.97. The predicted molar refractivity (Wildman–Crippen MR) is 115 cm³/mol. The van der Waals surface area contributed by atoms with Crippen molar-refractivity contribution in [1.82, 2.24) is 14.9 Å². The first-order chi connectivity index (χ1) is 14.2. The third kappa shape index (κ3) is 4.14. The Labute approximate surface area is 174 Å². The summed E-state index contributed by atoms with van der Waals surface area (Å²) in [5.41, 5.74) is 2.67. The third-order valence-corrected chi connectivity index (χ3v) is 5.91. The molecule has 5 rings (SSSR count). The first-order valence-electron chi connectivity index (χ1n) is 10.1. The second-order valence-electron chi connectivity index (χ2n) is 7.80. The Balaban J connectivity index is 1.33. The van der Waals surface area contributed by atoms with Crippen LogP contribution in [0.3, 0.4) is 0 Å². The lowest BCUT2D eigenvalue weighted by molar-refractivity contribution is 0.249. The Morgan fingerprint density at radius 2 is 1.72 bits per heavy atom. The SMILES string of the molecule is Fc1ccc(Cl)c(CN2CCN(c3nc4ccccc4nc3NC3CC3)CC2)c1. The van der Waals surface area contributed by atoms with E-state index in [4.69, 9.17) is 21.6 Å². The molecule has 1 N–H and O–H groups in total. The summed E-state index contributed by atoms with van der Waals surface area (Å²) in [6, 6.07) is 13.1. The van der Waals surface area contributed by atoms with Crippen molar-refractivity contribution in [2.24, 2.45) is 0 Å². The zero-order valence-electron chi connectivity index (χ0n) is 16.1. The molecule has 150 valence electrons. The third-order valence-electron chi connectivity index (χ3n) is 5.54. The van der Waals surface area contributed by atoms with Crippen molar-refractivity contribution in [1.29, 1.82) is 0 Å². The minimum Gasteiger partial charge on any atom is -0.364 e. The van der Waals surface area contributed by atoms with Crippen LogP contribution in [0.15, 0.2) is 42.5 Å². The number of hydrogen-bond donors (Lipinski definition) is 1. The zero-order valence-corrected chi connectivity index (χ0v) is 16.9. The predicted octanol–water partition coefficient (Wildman–Crippen LogP) is 4.32. The lowest BCUT2D eigenvalue weighted by atomic mass is 10.2. The normalized spacial score (nSPS) is 17.7. The minimum absolute atomic E-state index is 0.245. The molecule has 1 saturated carbocycles. The van der Waals surface area contributed by atoms with Crippen LogP contribution in [0.2, 0.25) is 5.02 Å². The number of halogens is 2. The monoisotopic (exact) mass is 411 g/mol. The summed E-state index contributed by atoms with van der Waals surface area (Å²) in [5.74, 6) is 1.57. The standard InChI is InChI=1S/C22H23ClFN5/c23-18-8-5-16(24)13-15(18)14-28-9-11-29(12-10-28)22-21(25-17-6-7-17)26-19-3-1-2-4-20(19)27-22/h1-5,8,13,17H,6-7,9-12,14H2,(H,25,26). The quantitative estimate of drug-likeness (QED) is 0.677. The highest BCUT2D eigenvalue weighted by atomic mass is 35.5. The number of nitrogens with zero attached hydrogens (tertiary/aromatic N) is 4. The second-order valence-corrected chi connectivity index (χ2v) is 8.21. The van der Waals surface area contributed by atoms with Crippen molar-refractivity contribution < 1.29 is 4.39 Å². The molecule has 0 atom stereocenters. The van der Waals surface area contributed by atoms with Crippen LogP contribution in [0.25, 0.3) is 11.0 Å². The smallest absolute Gasteiger partial charge is 0.172 e. The summed E-state index contributed by atoms with van der Waals surface area (Å²) in [5, 5.41) is 4.17. The average molecular weight is 412 g/mol. The fraction of sp³-hybridized carbons (Fsp3) is 0.364. The molecule has 1 aliphatic carbocycles. The number of rotatable bonds is 5. The molecule has 5 nitrogen and oxygen atoms in total. The van der Waals surface area contributed by atoms with Crippen LogP contribution in [0, 0.1) is 5.82 Å². The highest BCUT2D eigenvalue weighted by Gasteiger charge is 2.27. The molecule has 0 amide bonds. The number of nitrogens with one attached hydrogen (secondary N) is 1. The topological polar surface area (TPSA) is 44.3 Å². The maximum Gasteiger partial charge on any atom is 0.172 e. The maximum atomic E-state index is 13.6. The molecule has 2 aromatic carbocycles. The van der Waals surface area contributed by atoms with Gasteiger partial charge in [-0.3, -0.25) is 4.90 Å². The van der Waals surface area contributed by atoms with Crippen LogP contribution in [0.4, 0.5) is 16.0 Å². The molecule has 2 aliphatic rings. The van der Waals surface area contributed by atoms with Crippen molar-refractivity contribution in [3.8, 4) is 0 Å². The largest absolute Gasteiger partial charge is 0.364 e. The fourth-order valence-corrected chi connectivity index (χ4v) is 3.93. The number of para-hydroxylation sites is 2. The van der Waals surface area contributed by atoms with Crippen LogP contribution < -0.4 is 10.2 Å². The highest BCUT2D eigenvalue weighted by molar-refractivity contribution is 6.31. The van der Waals surface area contributed by atoms with Crippen molar-refractivity contribution >= 4 is 34.3 Å². The molecule has 0 radical (unpaired) electrons. The molecule has 0 bridgehead atoms.